The number of para-hydroxylation sites is 1. The highest BCUT2D eigenvalue weighted by Crippen LogP contribution is 2.22. The van der Waals surface area contributed by atoms with Crippen LogP contribution in [0.1, 0.15) is 103 Å². The van der Waals surface area contributed by atoms with Gasteiger partial charge in [0.25, 0.3) is 0 Å². The third-order valence-corrected chi connectivity index (χ3v) is 17.5. The number of nitrogens with two attached hydrogens (primary N) is 1. The smallest absolute Gasteiger partial charge is 0.328 e. The van der Waals surface area contributed by atoms with Crippen LogP contribution in [0.5, 0.6) is 0 Å². The van der Waals surface area contributed by atoms with E-state index < -0.39 is 219 Å². The van der Waals surface area contributed by atoms with E-state index >= 15 is 0 Å². The standard InChI is InChI=1S/C64H93N17O21S/c1-32(2)22-42(59(96)77-43(23-35-25-67-39-11-7-6-10-37(35)39)56(93)69-28-49(85)79-53(34(4)83)64(101)102)73-48(84)27-68-55(92)40(14-16-51(87)88)74-60(97)45(30-82)78-61(98)46-12-8-19-80(46)50(86)29-70-57(94)44(24-36-26-66-31-71-36)76-54(91)33(3)72-58(95)41(15-17-52(89)90)75-62(99)47-13-9-20-81(47)63(100)38(65)18-21-103-5/h6-7,10-11,25-26,31-34,38,40-47,53,67,82-83H,8-9,12-24,27-30,65H2,1-5H3,(H,66,71)(H,68,92)(H,69,93)(H,70,94)(H,72,95)(H,73,84)(H,74,97)(H,75,99)(H,76,91)(H,77,96)(H,78,98)(H,79,85)(H,87,88)(H,89,90)(H,101,102)/t33-,34+,38-,40-,41-,42-,43-,44-,45-,46-,47-,53-/m0/s1. The molecule has 2 fully saturated rings. The first-order valence-electron chi connectivity index (χ1n) is 33.4. The molecule has 2 saturated heterocycles. The van der Waals surface area contributed by atoms with Gasteiger partial charge in [0.15, 0.2) is 6.04 Å². The Morgan fingerprint density at radius 1 is 0.602 bits per heavy atom. The summed E-state index contributed by atoms with van der Waals surface area (Å²) in [6.07, 6.45) is 3.22. The summed E-state index contributed by atoms with van der Waals surface area (Å²) in [5, 5.41) is 75.5. The van der Waals surface area contributed by atoms with Crippen molar-refractivity contribution in [1.29, 1.82) is 0 Å². The number of amides is 13. The summed E-state index contributed by atoms with van der Waals surface area (Å²) in [5.74, 6) is -15.7. The molecule has 2 aliphatic heterocycles. The number of fused-ring (bicyclic) bond motifs is 1. The zero-order valence-electron chi connectivity index (χ0n) is 57.6. The number of H-pyrrole nitrogens is 2. The number of carboxylic acid groups (broad SMARTS) is 3. The van der Waals surface area contributed by atoms with Gasteiger partial charge in [0.1, 0.15) is 54.4 Å². The van der Waals surface area contributed by atoms with Crippen molar-refractivity contribution in [2.45, 2.75) is 177 Å². The highest BCUT2D eigenvalue weighted by molar-refractivity contribution is 7.98. The van der Waals surface area contributed by atoms with Crippen molar-refractivity contribution in [3.05, 3.63) is 54.2 Å². The molecular formula is C64H93N17O21S. The van der Waals surface area contributed by atoms with Crippen molar-refractivity contribution < 1.29 is 102 Å². The molecule has 38 nitrogen and oxygen atoms in total. The summed E-state index contributed by atoms with van der Waals surface area (Å²) >= 11 is 1.49. The van der Waals surface area contributed by atoms with Gasteiger partial charge in [-0.2, -0.15) is 11.8 Å². The van der Waals surface area contributed by atoms with Gasteiger partial charge in [-0.05, 0) is 94.8 Å². The van der Waals surface area contributed by atoms with Gasteiger partial charge >= 0.3 is 17.9 Å². The number of aromatic nitrogens is 3. The lowest BCUT2D eigenvalue weighted by Gasteiger charge is -2.28. The van der Waals surface area contributed by atoms with Crippen molar-refractivity contribution in [3.8, 4) is 0 Å². The fourth-order valence-electron chi connectivity index (χ4n) is 11.3. The first-order chi connectivity index (χ1) is 48.8. The average molecular weight is 1470 g/mol. The van der Waals surface area contributed by atoms with Crippen LogP contribution in [0.15, 0.2) is 43.0 Å². The highest BCUT2D eigenvalue weighted by Gasteiger charge is 2.40. The molecule has 103 heavy (non-hydrogen) atoms. The first-order valence-corrected chi connectivity index (χ1v) is 34.8. The zero-order valence-corrected chi connectivity index (χ0v) is 58.4. The van der Waals surface area contributed by atoms with Crippen LogP contribution < -0.4 is 64.2 Å². The van der Waals surface area contributed by atoms with Crippen molar-refractivity contribution in [1.82, 2.24) is 83.2 Å². The molecule has 2 aromatic heterocycles. The minimum atomic E-state index is -1.82. The number of nitrogens with zero attached hydrogens (tertiary/aromatic N) is 3. The number of carbonyl (C=O) groups excluding carboxylic acids is 13. The van der Waals surface area contributed by atoms with Gasteiger partial charge in [0.2, 0.25) is 76.8 Å². The molecule has 0 bridgehead atoms. The van der Waals surface area contributed by atoms with E-state index in [9.17, 15) is 102 Å². The molecule has 39 heteroatoms. The summed E-state index contributed by atoms with van der Waals surface area (Å²) in [6, 6.07) is -8.57. The second kappa shape index (κ2) is 41.0. The number of hydrogen-bond acceptors (Lipinski definition) is 21. The zero-order chi connectivity index (χ0) is 76.2. The Kier molecular flexibility index (Phi) is 33.2. The molecule has 1 aromatic carbocycles. The van der Waals surface area contributed by atoms with E-state index in [0.717, 1.165) is 11.8 Å². The molecule has 0 unspecified atom stereocenters. The normalized spacial score (nSPS) is 17.1. The van der Waals surface area contributed by atoms with Crippen LogP contribution in [0.4, 0.5) is 0 Å². The molecule has 12 atom stereocenters. The SMILES string of the molecule is CSCC[C@H](N)C(=O)N1CCC[C@H]1C(=O)N[C@@H](CCC(=O)O)C(=O)N[C@@H](C)C(=O)N[C@@H](Cc1cnc[nH]1)C(=O)NCC(=O)N1CCC[C@H]1C(=O)N[C@@H](CO)C(=O)N[C@@H](CCC(=O)O)C(=O)NCC(=O)N[C@@H](CC(C)C)C(=O)N[C@@H](Cc1c[nH]c2ccccc12)C(=O)NCC(=O)N[C@H](C(=O)O)[C@@H](C)O. The number of benzene rings is 1. The number of likely N-dealkylation sites (tertiary alicyclic amines) is 2. The van der Waals surface area contributed by atoms with Crippen LogP contribution in [-0.4, -0.2) is 269 Å². The Morgan fingerprint density at radius 2 is 1.13 bits per heavy atom. The van der Waals surface area contributed by atoms with Crippen molar-refractivity contribution in [2.24, 2.45) is 11.7 Å². The number of nitrogens with one attached hydrogen (secondary N) is 13. The molecule has 0 aliphatic carbocycles. The van der Waals surface area contributed by atoms with Crippen LogP contribution >= 0.6 is 11.8 Å². The summed E-state index contributed by atoms with van der Waals surface area (Å²) < 4.78 is 0. The molecule has 20 N–H and O–H groups in total. The maximum atomic E-state index is 14.1. The maximum Gasteiger partial charge on any atom is 0.328 e. The van der Waals surface area contributed by atoms with E-state index in [1.807, 2.05) is 6.26 Å². The molecule has 0 radical (unpaired) electrons. The van der Waals surface area contributed by atoms with Gasteiger partial charge in [-0.15, -0.1) is 0 Å². The molecule has 13 amide bonds. The van der Waals surface area contributed by atoms with Gasteiger partial charge < -0.3 is 110 Å². The van der Waals surface area contributed by atoms with Crippen LogP contribution in [0.25, 0.3) is 10.9 Å². The number of carboxylic acids is 3. The second-order valence-corrected chi connectivity index (χ2v) is 26.3. The lowest BCUT2D eigenvalue weighted by atomic mass is 10.0. The number of carbonyl (C=O) groups is 16. The van der Waals surface area contributed by atoms with E-state index in [-0.39, 0.29) is 57.5 Å². The van der Waals surface area contributed by atoms with Gasteiger partial charge in [-0.1, -0.05) is 32.0 Å². The molecule has 0 spiro atoms. The van der Waals surface area contributed by atoms with E-state index in [1.165, 1.54) is 36.1 Å². The first kappa shape index (κ1) is 83.4. The number of thioether (sulfide) groups is 1. The highest BCUT2D eigenvalue weighted by atomic mass is 32.2. The van der Waals surface area contributed by atoms with Gasteiger partial charge in [-0.25, -0.2) is 9.78 Å². The third kappa shape index (κ3) is 26.2. The Balaban J connectivity index is 1.18. The Hall–Kier alpha value is -10.3. The molecule has 5 rings (SSSR count). The quantitative estimate of drug-likeness (QED) is 0.0251. The fraction of sp³-hybridized carbons (Fsp3) is 0.578. The summed E-state index contributed by atoms with van der Waals surface area (Å²) in [7, 11) is 0. The summed E-state index contributed by atoms with van der Waals surface area (Å²) in [4.78, 5) is 224. The summed E-state index contributed by atoms with van der Waals surface area (Å²) in [6.45, 7) is 2.55. The van der Waals surface area contributed by atoms with E-state index in [0.29, 0.717) is 40.8 Å². The number of aliphatic hydroxyl groups excluding tert-OH is 2. The molecule has 3 aromatic rings. The Bertz CT molecular complexity index is 3520. The lowest BCUT2D eigenvalue weighted by molar-refractivity contribution is -0.144. The largest absolute Gasteiger partial charge is 0.481 e. The van der Waals surface area contributed by atoms with Crippen LogP contribution in [0, 0.1) is 5.92 Å². The van der Waals surface area contributed by atoms with Crippen molar-refractivity contribution in [3.63, 3.8) is 0 Å². The van der Waals surface area contributed by atoms with Gasteiger partial charge in [-0.3, -0.25) is 71.9 Å². The predicted octanol–water partition coefficient (Wildman–Crippen LogP) is -5.78. The van der Waals surface area contributed by atoms with Crippen LogP contribution in [0.2, 0.25) is 0 Å². The molecule has 4 heterocycles. The van der Waals surface area contributed by atoms with Crippen molar-refractivity contribution >= 4 is 117 Å². The molecule has 566 valence electrons. The minimum Gasteiger partial charge on any atom is -0.481 e. The Morgan fingerprint density at radius 3 is 1.70 bits per heavy atom. The number of aromatic amines is 2. The Labute approximate surface area is 595 Å². The number of hydrogen-bond donors (Lipinski definition) is 19. The molecule has 0 saturated carbocycles. The van der Waals surface area contributed by atoms with Crippen molar-refractivity contribution in [2.75, 3.05) is 51.3 Å². The van der Waals surface area contributed by atoms with Gasteiger partial charge in [0, 0.05) is 67.8 Å². The van der Waals surface area contributed by atoms with Crippen LogP contribution in [-0.2, 0) is 89.6 Å². The van der Waals surface area contributed by atoms with E-state index in [2.05, 4.69) is 73.4 Å². The average Bonchev–Trinajstić information content (AvgIpc) is 1.70. The topological polar surface area (TPSA) is 584 Å². The minimum absolute atomic E-state index is 0.0245. The monoisotopic (exact) mass is 1470 g/mol. The van der Waals surface area contributed by atoms with Gasteiger partial charge in [0.05, 0.1) is 44.7 Å². The molecule has 2 aliphatic rings. The van der Waals surface area contributed by atoms with E-state index in [4.69, 9.17) is 5.73 Å². The predicted molar refractivity (Wildman–Crippen MR) is 364 cm³/mol. The maximum absolute atomic E-state index is 14.1. The summed E-state index contributed by atoms with van der Waals surface area (Å²) in [5.41, 5.74) is 7.70. The molecular weight excluding hydrogens is 1370 g/mol. The number of aliphatic carboxylic acids is 3. The number of rotatable bonds is 42. The third-order valence-electron chi connectivity index (χ3n) is 16.8. The fourth-order valence-corrected chi connectivity index (χ4v) is 11.8. The lowest BCUT2D eigenvalue weighted by Crippen LogP contribution is -2.59. The van der Waals surface area contributed by atoms with Crippen LogP contribution in [0.3, 0.4) is 0 Å². The number of imidazole rings is 1. The number of aliphatic hydroxyl groups is 2. The second-order valence-electron chi connectivity index (χ2n) is 25.3. The van der Waals surface area contributed by atoms with E-state index in [1.54, 1.807) is 44.3 Å².